The molecule has 9 rings (SSSR count). The van der Waals surface area contributed by atoms with Crippen LogP contribution in [0.5, 0.6) is 0 Å². The average molecular weight is 983 g/mol. The van der Waals surface area contributed by atoms with Crippen LogP contribution in [0.1, 0.15) is 54.1 Å². The van der Waals surface area contributed by atoms with Gasteiger partial charge < -0.3 is 14.0 Å². The Morgan fingerprint density at radius 3 is 2.32 bits per heavy atom. The van der Waals surface area contributed by atoms with Crippen LogP contribution in [0.25, 0.3) is 72.4 Å². The van der Waals surface area contributed by atoms with Gasteiger partial charge in [-0.3, -0.25) is 9.97 Å². The Morgan fingerprint density at radius 2 is 1.60 bits per heavy atom. The predicted octanol–water partition coefficient (Wildman–Crippen LogP) is 13.3. The van der Waals surface area contributed by atoms with Gasteiger partial charge in [-0.15, -0.1) is 54.1 Å². The number of aryl methyl sites for hydroxylation is 1. The topological polar surface area (TPSA) is 56.7 Å². The van der Waals surface area contributed by atoms with E-state index in [2.05, 4.69) is 141 Å². The molecule has 0 atom stereocenters. The molecule has 5 nitrogen and oxygen atoms in total. The van der Waals surface area contributed by atoms with E-state index < -0.39 is 14.4 Å². The minimum atomic E-state index is -1.67. The van der Waals surface area contributed by atoms with Crippen LogP contribution in [0.3, 0.4) is 0 Å². The molecule has 9 aromatic rings. The van der Waals surface area contributed by atoms with E-state index >= 15 is 0 Å². The summed E-state index contributed by atoms with van der Waals surface area (Å²) in [5, 5.41) is 3.27. The molecule has 0 bridgehead atoms. The Morgan fingerprint density at radius 1 is 0.817 bits per heavy atom. The van der Waals surface area contributed by atoms with Crippen LogP contribution in [-0.2, 0) is 31.9 Å². The van der Waals surface area contributed by atoms with Crippen molar-refractivity contribution in [1.29, 1.82) is 0 Å². The molecule has 60 heavy (non-hydrogen) atoms. The third kappa shape index (κ3) is 8.71. The summed E-state index contributed by atoms with van der Waals surface area (Å²) >= 11 is 0. The van der Waals surface area contributed by atoms with E-state index in [0.29, 0.717) is 0 Å². The van der Waals surface area contributed by atoms with Crippen molar-refractivity contribution < 1.29 is 27.3 Å². The summed E-state index contributed by atoms with van der Waals surface area (Å²) in [6.45, 7) is 19.5. The first kappa shape index (κ1) is 40.0. The van der Waals surface area contributed by atoms with Crippen LogP contribution in [0.4, 0.5) is 0 Å². The molecule has 0 aliphatic carbocycles. The molecule has 0 unspecified atom stereocenters. The number of fused-ring (bicyclic) bond motifs is 4. The maximum Gasteiger partial charge on any atom is 0.120 e. The molecule has 4 heterocycles. The summed E-state index contributed by atoms with van der Waals surface area (Å²) in [7, 11) is -1.67. The predicted molar refractivity (Wildman–Crippen MR) is 249 cm³/mol. The van der Waals surface area contributed by atoms with E-state index in [1.165, 1.54) is 22.3 Å². The molecule has 0 saturated carbocycles. The van der Waals surface area contributed by atoms with Crippen LogP contribution in [-0.4, -0.2) is 27.6 Å². The number of furan rings is 1. The summed E-state index contributed by atoms with van der Waals surface area (Å²) < 4.78 is 25.8. The second-order valence-corrected chi connectivity index (χ2v) is 22.7. The van der Waals surface area contributed by atoms with Gasteiger partial charge in [-0.2, -0.15) is 0 Å². The minimum absolute atomic E-state index is 0. The van der Waals surface area contributed by atoms with Crippen molar-refractivity contribution in [2.45, 2.75) is 73.0 Å². The molecular formula is C53H52IrN4OSi-2. The average Bonchev–Trinajstić information content (AvgIpc) is 3.82. The van der Waals surface area contributed by atoms with Gasteiger partial charge in [0.25, 0.3) is 0 Å². The van der Waals surface area contributed by atoms with Crippen LogP contribution < -0.4 is 5.19 Å². The van der Waals surface area contributed by atoms with Crippen molar-refractivity contribution in [2.24, 2.45) is 5.92 Å². The van der Waals surface area contributed by atoms with E-state index in [0.717, 1.165) is 72.1 Å². The van der Waals surface area contributed by atoms with Crippen molar-refractivity contribution in [3.8, 4) is 39.5 Å². The number of hydrogen-bond acceptors (Lipinski definition) is 4. The van der Waals surface area contributed by atoms with Gasteiger partial charge in [0.1, 0.15) is 5.58 Å². The fourth-order valence-corrected chi connectivity index (χ4v) is 9.09. The van der Waals surface area contributed by atoms with Gasteiger partial charge >= 0.3 is 0 Å². The third-order valence-corrected chi connectivity index (χ3v) is 12.6. The summed E-state index contributed by atoms with van der Waals surface area (Å²) in [6.07, 6.45) is 4.18. The number of benzene rings is 5. The molecular weight excluding hydrogens is 929 g/mol. The smallest absolute Gasteiger partial charge is 0.120 e. The van der Waals surface area contributed by atoms with Gasteiger partial charge in [0.2, 0.25) is 0 Å². The zero-order valence-corrected chi connectivity index (χ0v) is 39.2. The first-order valence-corrected chi connectivity index (χ1v) is 23.9. The molecule has 4 aromatic heterocycles. The normalized spacial score (nSPS) is 12.6. The van der Waals surface area contributed by atoms with Gasteiger partial charge in [-0.1, -0.05) is 125 Å². The molecule has 305 valence electrons. The second-order valence-electron chi connectivity index (χ2n) is 17.6. The van der Waals surface area contributed by atoms with Crippen LogP contribution in [0.2, 0.25) is 19.6 Å². The first-order chi connectivity index (χ1) is 29.0. The molecule has 0 N–H and O–H groups in total. The Hall–Kier alpha value is -5.46. The molecule has 1 radical (unpaired) electrons. The van der Waals surface area contributed by atoms with Crippen LogP contribution >= 0.6 is 0 Å². The Bertz CT molecular complexity index is 3020. The van der Waals surface area contributed by atoms with Crippen molar-refractivity contribution >= 4 is 46.2 Å². The van der Waals surface area contributed by atoms with Crippen molar-refractivity contribution in [2.75, 3.05) is 0 Å². The largest absolute Gasteiger partial charge is 0.501 e. The van der Waals surface area contributed by atoms with Crippen LogP contribution in [0, 0.1) is 25.0 Å². The molecule has 0 aliphatic rings. The van der Waals surface area contributed by atoms with Crippen molar-refractivity contribution in [3.63, 3.8) is 0 Å². The molecule has 0 fully saturated rings. The molecule has 5 aromatic carbocycles. The maximum absolute atomic E-state index is 8.55. The van der Waals surface area contributed by atoms with Gasteiger partial charge in [0, 0.05) is 46.3 Å². The molecule has 0 amide bonds. The third-order valence-electron chi connectivity index (χ3n) is 10.6. The van der Waals surface area contributed by atoms with Gasteiger partial charge in [-0.25, -0.2) is 0 Å². The minimum Gasteiger partial charge on any atom is -0.501 e. The summed E-state index contributed by atoms with van der Waals surface area (Å²) in [5.41, 5.74) is 12.6. The van der Waals surface area contributed by atoms with E-state index in [4.69, 9.17) is 12.1 Å². The summed E-state index contributed by atoms with van der Waals surface area (Å²) in [6, 6.07) is 45.9. The zero-order chi connectivity index (χ0) is 43.3. The Kier molecular flexibility index (Phi) is 11.5. The second kappa shape index (κ2) is 17.3. The number of hydrogen-bond donors (Lipinski definition) is 0. The van der Waals surface area contributed by atoms with E-state index in [1.807, 2.05) is 81.0 Å². The zero-order valence-electron chi connectivity index (χ0n) is 37.8. The summed E-state index contributed by atoms with van der Waals surface area (Å²) in [5.74, 6) is 0.704. The number of rotatable bonds is 7. The first-order valence-electron chi connectivity index (χ1n) is 21.4. The number of nitrogens with zero attached hydrogens (tertiary/aromatic N) is 4. The van der Waals surface area contributed by atoms with Gasteiger partial charge in [0.15, 0.2) is 0 Å². The Balaban J connectivity index is 0.000000215. The quantitative estimate of drug-likeness (QED) is 0.118. The molecule has 0 saturated heterocycles. The van der Waals surface area contributed by atoms with E-state index in [-0.39, 0.29) is 31.4 Å². The van der Waals surface area contributed by atoms with E-state index in [1.54, 1.807) is 0 Å². The van der Waals surface area contributed by atoms with Gasteiger partial charge in [0.05, 0.1) is 36.7 Å². The van der Waals surface area contributed by atoms with Crippen molar-refractivity contribution in [3.05, 3.63) is 163 Å². The molecule has 0 spiro atoms. The number of aromatic nitrogens is 4. The fraction of sp³-hybridized carbons (Fsp3) is 0.226. The SMILES string of the molecule is Cc1ccc2oc3c(-c4nc5cnccc5n4-c4ccc(-c5ccccc5)cc4C(C)(C)C)[c-]ccc3c2c1.[2H]C([2H])(c1cc(-c2[c-]cccc2)ncc1[Si](C)(C)C)C(C)C.[Ir]. The maximum atomic E-state index is 8.55. The van der Waals surface area contributed by atoms with Gasteiger partial charge in [-0.05, 0) is 82.5 Å². The molecule has 0 aliphatic heterocycles. The number of pyridine rings is 2. The Labute approximate surface area is 372 Å². The molecule has 7 heteroatoms. The van der Waals surface area contributed by atoms with Crippen molar-refractivity contribution in [1.82, 2.24) is 19.5 Å². The fourth-order valence-electron chi connectivity index (χ4n) is 7.69. The monoisotopic (exact) mass is 983 g/mol. The van der Waals surface area contributed by atoms with Crippen LogP contribution in [0.15, 0.2) is 138 Å². The number of imidazole rings is 1. The standard InChI is InChI=1S/C35H28N3O.C18H24NSi.Ir/c1-22-13-16-32-27(19-22)25-11-8-12-26(33(25)39-32)34-37-29-21-36-18-17-31(29)38(34)30-15-14-24(20-28(30)35(2,3)4)23-9-6-5-7-10-23;1-14(2)11-16-12-17(15-9-7-6-8-10-15)19-13-18(16)20(3,4)5;/h5-11,13-21H,1-4H3;6-9,12-14H,11H2,1-5H3;/q2*-1;/i;11D2;. The van der Waals surface area contributed by atoms with E-state index in [9.17, 15) is 0 Å². The summed E-state index contributed by atoms with van der Waals surface area (Å²) in [4.78, 5) is 14.1.